The lowest BCUT2D eigenvalue weighted by Gasteiger charge is -2.10. The predicted octanol–water partition coefficient (Wildman–Crippen LogP) is 1.80. The van der Waals surface area contributed by atoms with Crippen molar-refractivity contribution in [3.8, 4) is 11.4 Å². The Morgan fingerprint density at radius 3 is 2.86 bits per heavy atom. The van der Waals surface area contributed by atoms with Crippen LogP contribution in [0.5, 0.6) is 0 Å². The van der Waals surface area contributed by atoms with Crippen molar-refractivity contribution in [3.63, 3.8) is 0 Å². The smallest absolute Gasteiger partial charge is 0.233 e. The number of nitrogens with zero attached hydrogens (tertiary/aromatic N) is 3. The van der Waals surface area contributed by atoms with Gasteiger partial charge in [0.2, 0.25) is 11.1 Å². The van der Waals surface area contributed by atoms with Crippen LogP contribution in [0.25, 0.3) is 11.4 Å². The van der Waals surface area contributed by atoms with E-state index in [0.717, 1.165) is 6.42 Å². The maximum absolute atomic E-state index is 13.8. The lowest BCUT2D eigenvalue weighted by Crippen LogP contribution is -2.31. The van der Waals surface area contributed by atoms with Crippen LogP contribution < -0.4 is 11.2 Å². The zero-order chi connectivity index (χ0) is 16.1. The van der Waals surface area contributed by atoms with Crippen LogP contribution in [0.4, 0.5) is 4.39 Å². The fourth-order valence-corrected chi connectivity index (χ4v) is 2.58. The minimum atomic E-state index is -0.424. The zero-order valence-corrected chi connectivity index (χ0v) is 13.2. The van der Waals surface area contributed by atoms with E-state index in [4.69, 9.17) is 5.84 Å². The van der Waals surface area contributed by atoms with Crippen LogP contribution in [-0.4, -0.2) is 32.6 Å². The fourth-order valence-electron chi connectivity index (χ4n) is 1.79. The van der Waals surface area contributed by atoms with Crippen LogP contribution in [-0.2, 0) is 4.79 Å². The molecule has 1 atom stereocenters. The molecule has 0 bridgehead atoms. The molecule has 1 unspecified atom stereocenters. The Bertz CT molecular complexity index is 660. The SMILES string of the molecule is CCCNC(=O)C(C)Sc1nnc(-c2ccccc2F)n1N. The summed E-state index contributed by atoms with van der Waals surface area (Å²) in [4.78, 5) is 11.9. The molecule has 1 aromatic heterocycles. The Morgan fingerprint density at radius 2 is 2.18 bits per heavy atom. The number of nitrogen functional groups attached to an aromatic ring is 1. The third-order valence-electron chi connectivity index (χ3n) is 2.98. The molecule has 118 valence electrons. The van der Waals surface area contributed by atoms with Crippen LogP contribution in [0.2, 0.25) is 0 Å². The predicted molar refractivity (Wildman–Crippen MR) is 84.2 cm³/mol. The van der Waals surface area contributed by atoms with E-state index in [1.54, 1.807) is 25.1 Å². The number of halogens is 1. The molecular weight excluding hydrogens is 305 g/mol. The molecular formula is C14H18FN5OS. The molecule has 1 aromatic carbocycles. The number of nitrogens with two attached hydrogens (primary N) is 1. The van der Waals surface area contributed by atoms with E-state index in [9.17, 15) is 9.18 Å². The van der Waals surface area contributed by atoms with Gasteiger partial charge in [-0.05, 0) is 25.5 Å². The van der Waals surface area contributed by atoms with Crippen molar-refractivity contribution in [1.29, 1.82) is 0 Å². The largest absolute Gasteiger partial charge is 0.355 e. The van der Waals surface area contributed by atoms with Gasteiger partial charge in [0.1, 0.15) is 5.82 Å². The summed E-state index contributed by atoms with van der Waals surface area (Å²) in [5.41, 5.74) is 0.271. The lowest BCUT2D eigenvalue weighted by molar-refractivity contribution is -0.120. The molecule has 0 aliphatic rings. The average molecular weight is 323 g/mol. The summed E-state index contributed by atoms with van der Waals surface area (Å²) < 4.78 is 15.0. The second-order valence-electron chi connectivity index (χ2n) is 4.71. The number of amides is 1. The molecule has 0 saturated carbocycles. The summed E-state index contributed by atoms with van der Waals surface area (Å²) in [7, 11) is 0. The van der Waals surface area contributed by atoms with Gasteiger partial charge in [-0.25, -0.2) is 9.07 Å². The van der Waals surface area contributed by atoms with Crippen LogP contribution in [0.15, 0.2) is 29.4 Å². The van der Waals surface area contributed by atoms with Crippen molar-refractivity contribution in [2.24, 2.45) is 0 Å². The van der Waals surface area contributed by atoms with Gasteiger partial charge >= 0.3 is 0 Å². The van der Waals surface area contributed by atoms with Gasteiger partial charge in [0, 0.05) is 6.54 Å². The highest BCUT2D eigenvalue weighted by Gasteiger charge is 2.20. The maximum atomic E-state index is 13.8. The van der Waals surface area contributed by atoms with E-state index in [-0.39, 0.29) is 22.5 Å². The monoisotopic (exact) mass is 323 g/mol. The Hall–Kier alpha value is -2.09. The van der Waals surface area contributed by atoms with Crippen LogP contribution in [0, 0.1) is 5.82 Å². The summed E-state index contributed by atoms with van der Waals surface area (Å²) in [5.74, 6) is 5.63. The molecule has 0 aliphatic carbocycles. The number of rotatable bonds is 6. The van der Waals surface area contributed by atoms with E-state index < -0.39 is 5.82 Å². The molecule has 6 nitrogen and oxygen atoms in total. The highest BCUT2D eigenvalue weighted by Crippen LogP contribution is 2.26. The average Bonchev–Trinajstić information content (AvgIpc) is 2.86. The highest BCUT2D eigenvalue weighted by atomic mass is 32.2. The first-order valence-electron chi connectivity index (χ1n) is 6.94. The summed E-state index contributed by atoms with van der Waals surface area (Å²) in [6.45, 7) is 4.36. The minimum absolute atomic E-state index is 0.0951. The van der Waals surface area contributed by atoms with Gasteiger partial charge < -0.3 is 11.2 Å². The van der Waals surface area contributed by atoms with Gasteiger partial charge in [0.25, 0.3) is 0 Å². The summed E-state index contributed by atoms with van der Waals surface area (Å²) in [6.07, 6.45) is 0.869. The highest BCUT2D eigenvalue weighted by molar-refractivity contribution is 8.00. The van der Waals surface area contributed by atoms with Crippen molar-refractivity contribution in [2.75, 3.05) is 12.4 Å². The number of hydrogen-bond donors (Lipinski definition) is 2. The van der Waals surface area contributed by atoms with Gasteiger partial charge in [-0.3, -0.25) is 4.79 Å². The van der Waals surface area contributed by atoms with Gasteiger partial charge in [-0.1, -0.05) is 30.8 Å². The number of aromatic nitrogens is 3. The minimum Gasteiger partial charge on any atom is -0.355 e. The third kappa shape index (κ3) is 3.56. The molecule has 0 saturated heterocycles. The van der Waals surface area contributed by atoms with E-state index in [0.29, 0.717) is 11.7 Å². The number of carbonyl (C=O) groups excluding carboxylic acids is 1. The normalized spacial score (nSPS) is 12.1. The molecule has 1 heterocycles. The first-order chi connectivity index (χ1) is 10.5. The van der Waals surface area contributed by atoms with Gasteiger partial charge in [0.05, 0.1) is 10.8 Å². The number of thioether (sulfide) groups is 1. The topological polar surface area (TPSA) is 85.8 Å². The van der Waals surface area contributed by atoms with Crippen molar-refractivity contribution < 1.29 is 9.18 Å². The number of benzene rings is 1. The summed E-state index contributed by atoms with van der Waals surface area (Å²) >= 11 is 1.18. The summed E-state index contributed by atoms with van der Waals surface area (Å²) in [5, 5.41) is 10.6. The van der Waals surface area contributed by atoms with E-state index in [1.807, 2.05) is 6.92 Å². The zero-order valence-electron chi connectivity index (χ0n) is 12.4. The van der Waals surface area contributed by atoms with E-state index in [2.05, 4.69) is 15.5 Å². The van der Waals surface area contributed by atoms with Crippen molar-refractivity contribution in [1.82, 2.24) is 20.2 Å². The molecule has 0 radical (unpaired) electrons. The van der Waals surface area contributed by atoms with E-state index in [1.165, 1.54) is 22.5 Å². The third-order valence-corrected chi connectivity index (χ3v) is 4.04. The quantitative estimate of drug-likeness (QED) is 0.625. The van der Waals surface area contributed by atoms with Crippen LogP contribution >= 0.6 is 11.8 Å². The lowest BCUT2D eigenvalue weighted by atomic mass is 10.2. The number of hydrogen-bond acceptors (Lipinski definition) is 5. The molecule has 1 amide bonds. The number of nitrogens with one attached hydrogen (secondary N) is 1. The van der Waals surface area contributed by atoms with Crippen LogP contribution in [0.1, 0.15) is 20.3 Å². The summed E-state index contributed by atoms with van der Waals surface area (Å²) in [6, 6.07) is 6.19. The molecule has 8 heteroatoms. The maximum Gasteiger partial charge on any atom is 0.233 e. The Balaban J connectivity index is 2.15. The first kappa shape index (κ1) is 16.3. The first-order valence-corrected chi connectivity index (χ1v) is 7.82. The Morgan fingerprint density at radius 1 is 1.45 bits per heavy atom. The molecule has 0 aliphatic heterocycles. The Kier molecular flexibility index (Phi) is 5.37. The molecule has 22 heavy (non-hydrogen) atoms. The molecule has 0 fully saturated rings. The molecule has 3 N–H and O–H groups in total. The second kappa shape index (κ2) is 7.26. The van der Waals surface area contributed by atoms with Crippen LogP contribution in [0.3, 0.4) is 0 Å². The van der Waals surface area contributed by atoms with Gasteiger partial charge in [-0.15, -0.1) is 10.2 Å². The van der Waals surface area contributed by atoms with Gasteiger partial charge in [-0.2, -0.15) is 0 Å². The fraction of sp³-hybridized carbons (Fsp3) is 0.357. The van der Waals surface area contributed by atoms with Crippen molar-refractivity contribution in [2.45, 2.75) is 30.7 Å². The number of carbonyl (C=O) groups is 1. The Labute approximate surface area is 132 Å². The standard InChI is InChI=1S/C14H18FN5OS/c1-3-8-17-13(21)9(2)22-14-19-18-12(20(14)16)10-6-4-5-7-11(10)15/h4-7,9H,3,8,16H2,1-2H3,(H,17,21). The van der Waals surface area contributed by atoms with Crippen molar-refractivity contribution >= 4 is 17.7 Å². The molecule has 2 aromatic rings. The van der Waals surface area contributed by atoms with Crippen molar-refractivity contribution in [3.05, 3.63) is 30.1 Å². The van der Waals surface area contributed by atoms with E-state index >= 15 is 0 Å². The second-order valence-corrected chi connectivity index (χ2v) is 6.02. The van der Waals surface area contributed by atoms with Gasteiger partial charge in [0.15, 0.2) is 5.82 Å². The molecule has 0 spiro atoms. The molecule has 2 rings (SSSR count).